The fourth-order valence-corrected chi connectivity index (χ4v) is 7.91. The number of fused-ring (bicyclic) bond motifs is 4. The van der Waals surface area contributed by atoms with Crippen LogP contribution in [-0.2, 0) is 31.9 Å². The van der Waals surface area contributed by atoms with Crippen LogP contribution in [0.2, 0.25) is 0 Å². The van der Waals surface area contributed by atoms with Crippen molar-refractivity contribution in [3.63, 3.8) is 0 Å². The van der Waals surface area contributed by atoms with Gasteiger partial charge in [-0.1, -0.05) is 192 Å². The largest absolute Gasteiger partial charge is 0.510 e. The van der Waals surface area contributed by atoms with Crippen LogP contribution < -0.4 is 9.30 Å². The standard InChI is InChI=1S/C70H58N4O.Pt/c1-46-18-15-19-47(2)67(46)52-31-37-63-65(41-52)73(68-58(49-20-11-9-12-21-49)26-17-27-59(68)50-22-13-10-14-23-50)45-72(63)55-24-16-25-56(43-55)75-57-34-35-60-61-40-51(48-28-32-53(33-29-48)69(3,4)5)30-36-62(61)74(64(60)44-57)66-42-54(38-39-71-66)70(6,7)8;/h9-42H,1-8H3;/q-2;/i1D3,2D3,9D,10D,11D,12D,13D,14D,15D,16D,17D,18D,19D,20D,21D,22D,23D,24D,25D,26D,27D,28D,29D,30D,31D,32D,33D,34D,35D,36D,37D,38D,39D,40D,41D,42D;. The average molecular weight is 1210 g/mol. The SMILES string of the molecule is [2H]c1nc(-n2c3[c-]c(Oc4[c-]c(-n5[c-][n+](-c6c(-c7c([2H])c([2H])c([2H])c([2H])c7[2H])c([2H])c([2H])c([2H])c6-c6c([2H])c([2H])c([2H])c([2H])c6[2H])c6c([2H])c(-c7c(C([2H])([2H])[2H])c([2H])c([2H])c([2H])c7C([2H])([2H])[2H])c([2H])c([2H])c65)c([2H])c([2H])c4[2H])c([2H])c([2H])c3c3c([2H])c(-c4c([2H])c([2H])c(C(C)(C)C)c([2H])c4[2H])c([2H])c([2H])c32)c([2H])c(C(C)(C)C)c1[2H].[Pt]. The first kappa shape index (κ1) is 21.9. The van der Waals surface area contributed by atoms with Gasteiger partial charge in [0.1, 0.15) is 5.82 Å². The predicted molar refractivity (Wildman–Crippen MR) is 309 cm³/mol. The number of hydrogen-bond donors (Lipinski definition) is 0. The van der Waals surface area contributed by atoms with Crippen LogP contribution in [0.1, 0.15) is 119 Å². The molecule has 5 nitrogen and oxygen atoms in total. The van der Waals surface area contributed by atoms with Crippen LogP contribution in [0.5, 0.6) is 11.5 Å². The fraction of sp³-hybridized carbons (Fsp3) is 0.143. The van der Waals surface area contributed by atoms with E-state index in [2.05, 4.69) is 23.4 Å². The minimum atomic E-state index is -3.74. The van der Waals surface area contributed by atoms with Crippen molar-refractivity contribution in [3.05, 3.63) is 246 Å². The molecule has 0 N–H and O–H groups in total. The van der Waals surface area contributed by atoms with Gasteiger partial charge in [-0.3, -0.25) is 4.57 Å². The number of para-hydroxylation sites is 1. The minimum absolute atomic E-state index is 0. The van der Waals surface area contributed by atoms with Gasteiger partial charge in [-0.15, -0.1) is 29.6 Å². The second-order valence-electron chi connectivity index (χ2n) is 18.6. The Balaban J connectivity index is 0.0000132. The summed E-state index contributed by atoms with van der Waals surface area (Å²) in [6, 6.07) is -30.4. The van der Waals surface area contributed by atoms with Crippen molar-refractivity contribution in [1.82, 2.24) is 14.1 Å². The monoisotopic (exact) mass is 1210 g/mol. The normalized spacial score (nSPS) is 19.6. The van der Waals surface area contributed by atoms with Gasteiger partial charge in [0.25, 0.3) is 6.33 Å². The van der Waals surface area contributed by atoms with Gasteiger partial charge in [0, 0.05) is 55.2 Å². The van der Waals surface area contributed by atoms with Crippen LogP contribution in [0.15, 0.2) is 206 Å². The number of benzene rings is 9. The van der Waals surface area contributed by atoms with Gasteiger partial charge in [-0.05, 0) is 131 Å². The van der Waals surface area contributed by atoms with Gasteiger partial charge in [-0.2, -0.15) is 18.1 Å². The second kappa shape index (κ2) is 19.9. The number of aromatic nitrogens is 4. The summed E-state index contributed by atoms with van der Waals surface area (Å²) in [5.41, 5.74) is -19.1. The van der Waals surface area contributed by atoms with E-state index in [1.54, 1.807) is 41.5 Å². The molecule has 0 saturated carbocycles. The molecule has 0 bridgehead atoms. The number of pyridine rings is 1. The van der Waals surface area contributed by atoms with Gasteiger partial charge in [0.2, 0.25) is 0 Å². The average Bonchev–Trinajstić information content (AvgIpc) is 1.38. The minimum Gasteiger partial charge on any atom is -0.510 e. The molecule has 0 atom stereocenters. The van der Waals surface area contributed by atoms with Crippen LogP contribution in [0.4, 0.5) is 0 Å². The van der Waals surface area contributed by atoms with E-state index in [1.165, 1.54) is 0 Å². The Bertz CT molecular complexity index is 6200. The summed E-state index contributed by atoms with van der Waals surface area (Å²) in [7, 11) is 0. The molecule has 0 aliphatic carbocycles. The Morgan fingerprint density at radius 2 is 1.14 bits per heavy atom. The van der Waals surface area contributed by atoms with E-state index in [-0.39, 0.29) is 32.2 Å². The number of imidazole rings is 1. The molecule has 9 aromatic carbocycles. The molecular formula is C70H58N4OPt-2. The molecule has 0 radical (unpaired) electrons. The molecule has 0 aliphatic heterocycles. The van der Waals surface area contributed by atoms with Crippen LogP contribution in [0.25, 0.3) is 94.5 Å². The maximum absolute atomic E-state index is 10.4. The molecule has 0 spiro atoms. The van der Waals surface area contributed by atoms with Crippen molar-refractivity contribution in [2.45, 2.75) is 66.1 Å². The number of rotatable bonds is 9. The first-order chi connectivity index (χ1) is 52.9. The summed E-state index contributed by atoms with van der Waals surface area (Å²) < 4.78 is 377. The topological polar surface area (TPSA) is 35.9 Å². The van der Waals surface area contributed by atoms with Crippen molar-refractivity contribution < 1.29 is 85.2 Å². The molecule has 6 heteroatoms. The Hall–Kier alpha value is -8.11. The summed E-state index contributed by atoms with van der Waals surface area (Å²) >= 11 is 0. The summed E-state index contributed by atoms with van der Waals surface area (Å²) in [6.45, 7) is 2.18. The Kier molecular flexibility index (Phi) is 5.71. The van der Waals surface area contributed by atoms with Crippen molar-refractivity contribution >= 4 is 32.8 Å². The fourth-order valence-electron chi connectivity index (χ4n) is 7.91. The molecular weight excluding hydrogens is 1110 g/mol. The molecule has 0 fully saturated rings. The molecule has 12 aromatic rings. The molecule has 0 unspecified atom stereocenters. The Labute approximate surface area is 517 Å². The number of ether oxygens (including phenoxy) is 1. The van der Waals surface area contributed by atoms with Crippen molar-refractivity contribution in [2.75, 3.05) is 0 Å². The van der Waals surface area contributed by atoms with E-state index in [4.69, 9.17) is 30.8 Å². The van der Waals surface area contributed by atoms with E-state index in [0.29, 0.717) is 9.13 Å². The summed E-state index contributed by atoms with van der Waals surface area (Å²) in [4.78, 5) is 4.28. The Morgan fingerprint density at radius 3 is 1.82 bits per heavy atom. The molecule has 0 saturated heterocycles. The molecule has 0 aliphatic rings. The second-order valence-corrected chi connectivity index (χ2v) is 18.6. The van der Waals surface area contributed by atoms with Gasteiger partial charge in [-0.25, -0.2) is 4.98 Å². The first-order valence-corrected chi connectivity index (χ1v) is 22.6. The summed E-state index contributed by atoms with van der Waals surface area (Å²) in [6.07, 6.45) is 1.83. The van der Waals surface area contributed by atoms with E-state index in [1.807, 2.05) is 0 Å². The zero-order chi connectivity index (χ0) is 86.2. The van der Waals surface area contributed by atoms with E-state index < -0.39 is 347 Å². The van der Waals surface area contributed by atoms with Crippen molar-refractivity contribution in [3.8, 4) is 73.2 Å². The van der Waals surface area contributed by atoms with Gasteiger partial charge >= 0.3 is 0 Å². The van der Waals surface area contributed by atoms with Gasteiger partial charge in [0.05, 0.1) is 56.5 Å². The van der Waals surface area contributed by atoms with E-state index in [9.17, 15) is 28.8 Å². The van der Waals surface area contributed by atoms with Crippen LogP contribution >= 0.6 is 0 Å². The van der Waals surface area contributed by atoms with Gasteiger partial charge in [0.15, 0.2) is 0 Å². The van der Waals surface area contributed by atoms with E-state index in [0.717, 1.165) is 4.57 Å². The molecule has 76 heavy (non-hydrogen) atoms. The summed E-state index contributed by atoms with van der Waals surface area (Å²) in [5, 5.41) is -1.09. The van der Waals surface area contributed by atoms with Crippen LogP contribution in [-0.4, -0.2) is 14.1 Å². The third kappa shape index (κ3) is 9.28. The molecule has 0 amide bonds. The summed E-state index contributed by atoms with van der Waals surface area (Å²) in [5.74, 6) is -2.71. The maximum atomic E-state index is 10.4. The molecule has 12 rings (SSSR count). The molecule has 3 heterocycles. The smallest absolute Gasteiger partial charge is 0.268 e. The van der Waals surface area contributed by atoms with Crippen molar-refractivity contribution in [2.24, 2.45) is 0 Å². The Morgan fingerprint density at radius 1 is 0.526 bits per heavy atom. The molecule has 3 aromatic heterocycles. The third-order valence-electron chi connectivity index (χ3n) is 11.6. The van der Waals surface area contributed by atoms with Gasteiger partial charge < -0.3 is 13.9 Å². The zero-order valence-electron chi connectivity index (χ0n) is 80.5. The molecule has 376 valence electrons. The first-order valence-electron chi connectivity index (χ1n) is 42.6. The zero-order valence-corrected chi connectivity index (χ0v) is 42.8. The maximum Gasteiger partial charge on any atom is 0.268 e. The predicted octanol–water partition coefficient (Wildman–Crippen LogP) is 17.5. The van der Waals surface area contributed by atoms with Crippen molar-refractivity contribution in [1.29, 1.82) is 0 Å². The van der Waals surface area contributed by atoms with Crippen LogP contribution in [0.3, 0.4) is 0 Å². The number of hydrogen-bond acceptors (Lipinski definition) is 2. The number of nitrogens with zero attached hydrogens (tertiary/aromatic N) is 4. The quantitative estimate of drug-likeness (QED) is 0.107. The van der Waals surface area contributed by atoms with Crippen LogP contribution in [0, 0.1) is 32.2 Å². The van der Waals surface area contributed by atoms with E-state index >= 15 is 0 Å². The third-order valence-corrected chi connectivity index (χ3v) is 11.6.